The number of furan rings is 1. The van der Waals surface area contributed by atoms with E-state index in [4.69, 9.17) is 13.6 Å². The van der Waals surface area contributed by atoms with Crippen molar-refractivity contribution in [2.45, 2.75) is 0 Å². The van der Waals surface area contributed by atoms with E-state index < -0.39 is 0 Å². The second kappa shape index (κ2) is 8.41. The lowest BCUT2D eigenvalue weighted by Gasteiger charge is -2.28. The Labute approximate surface area is 177 Å². The molecule has 9 heteroatoms. The van der Waals surface area contributed by atoms with Gasteiger partial charge in [0.2, 0.25) is 0 Å². The van der Waals surface area contributed by atoms with Gasteiger partial charge < -0.3 is 18.5 Å². The Balaban J connectivity index is 1.34. The fraction of sp³-hybridized carbons (Fsp3) is 0.182. The highest BCUT2D eigenvalue weighted by molar-refractivity contribution is 6.03. The van der Waals surface area contributed by atoms with Crippen LogP contribution in [0.5, 0.6) is 0 Å². The first-order valence-corrected chi connectivity index (χ1v) is 9.84. The molecular formula is C22H19N5O4. The van der Waals surface area contributed by atoms with Crippen molar-refractivity contribution in [1.82, 2.24) is 15.2 Å². The predicted molar refractivity (Wildman–Crippen MR) is 113 cm³/mol. The van der Waals surface area contributed by atoms with E-state index in [1.54, 1.807) is 24.4 Å². The van der Waals surface area contributed by atoms with Crippen molar-refractivity contribution in [2.24, 2.45) is 0 Å². The van der Waals surface area contributed by atoms with Crippen LogP contribution in [0.25, 0.3) is 22.8 Å². The van der Waals surface area contributed by atoms with Crippen LogP contribution in [-0.2, 0) is 4.74 Å². The van der Waals surface area contributed by atoms with Crippen LogP contribution in [0.2, 0.25) is 0 Å². The van der Waals surface area contributed by atoms with Crippen LogP contribution in [0.4, 0.5) is 11.8 Å². The number of benzene rings is 1. The van der Waals surface area contributed by atoms with E-state index in [0.717, 1.165) is 30.0 Å². The molecule has 1 saturated heterocycles. The number of anilines is 2. The Bertz CT molecular complexity index is 1180. The zero-order valence-electron chi connectivity index (χ0n) is 16.5. The SMILES string of the molecule is O=C(Nc1nnc(-c2ccco2)o1)c1cccc(-c2ccnc(N3CCOCC3)c2)c1. The average Bonchev–Trinajstić information content (AvgIpc) is 3.52. The molecule has 0 saturated carbocycles. The first-order chi connectivity index (χ1) is 15.3. The molecule has 0 aliphatic carbocycles. The number of carbonyl (C=O) groups excluding carboxylic acids is 1. The highest BCUT2D eigenvalue weighted by atomic mass is 16.5. The molecule has 1 N–H and O–H groups in total. The Kier molecular flexibility index (Phi) is 5.16. The predicted octanol–water partition coefficient (Wildman–Crippen LogP) is 3.48. The lowest BCUT2D eigenvalue weighted by Crippen LogP contribution is -2.36. The van der Waals surface area contributed by atoms with Gasteiger partial charge in [-0.05, 0) is 47.5 Å². The van der Waals surface area contributed by atoms with Gasteiger partial charge in [-0.1, -0.05) is 17.2 Å². The Morgan fingerprint density at radius 2 is 1.87 bits per heavy atom. The molecule has 1 aliphatic rings. The van der Waals surface area contributed by atoms with Crippen molar-refractivity contribution in [3.05, 3.63) is 66.6 Å². The normalized spacial score (nSPS) is 13.9. The summed E-state index contributed by atoms with van der Waals surface area (Å²) in [5.41, 5.74) is 2.36. The Morgan fingerprint density at radius 3 is 2.71 bits per heavy atom. The summed E-state index contributed by atoms with van der Waals surface area (Å²) < 4.78 is 16.1. The summed E-state index contributed by atoms with van der Waals surface area (Å²) in [5, 5.41) is 10.4. The second-order valence-corrected chi connectivity index (χ2v) is 6.93. The number of carbonyl (C=O) groups is 1. The number of morpholine rings is 1. The monoisotopic (exact) mass is 417 g/mol. The van der Waals surface area contributed by atoms with Crippen LogP contribution in [0.15, 0.2) is 69.8 Å². The summed E-state index contributed by atoms with van der Waals surface area (Å²) in [6.45, 7) is 3.00. The lowest BCUT2D eigenvalue weighted by molar-refractivity contribution is 0.102. The molecule has 3 aromatic heterocycles. The fourth-order valence-electron chi connectivity index (χ4n) is 3.35. The topological polar surface area (TPSA) is 107 Å². The third kappa shape index (κ3) is 4.17. The standard InChI is InChI=1S/C22H19N5O4/c28-20(24-22-26-25-21(31-22)18-5-2-10-30-18)17-4-1-3-15(13-17)16-6-7-23-19(14-16)27-8-11-29-12-9-27/h1-7,10,13-14H,8-9,11-12H2,(H,24,26,28). The lowest BCUT2D eigenvalue weighted by atomic mass is 10.0. The molecule has 1 amide bonds. The number of nitrogens with one attached hydrogen (secondary N) is 1. The number of hydrogen-bond acceptors (Lipinski definition) is 8. The quantitative estimate of drug-likeness (QED) is 0.526. The van der Waals surface area contributed by atoms with Crippen molar-refractivity contribution in [1.29, 1.82) is 0 Å². The number of hydrogen-bond donors (Lipinski definition) is 1. The van der Waals surface area contributed by atoms with E-state index in [0.29, 0.717) is 24.5 Å². The fourth-order valence-corrected chi connectivity index (χ4v) is 3.35. The number of nitrogens with zero attached hydrogens (tertiary/aromatic N) is 4. The number of pyridine rings is 1. The summed E-state index contributed by atoms with van der Waals surface area (Å²) in [7, 11) is 0. The van der Waals surface area contributed by atoms with Gasteiger partial charge in [-0.15, -0.1) is 5.10 Å². The maximum atomic E-state index is 12.7. The second-order valence-electron chi connectivity index (χ2n) is 6.93. The summed E-state index contributed by atoms with van der Waals surface area (Å²) >= 11 is 0. The van der Waals surface area contributed by atoms with Gasteiger partial charge >= 0.3 is 6.01 Å². The highest BCUT2D eigenvalue weighted by Crippen LogP contribution is 2.25. The third-order valence-electron chi connectivity index (χ3n) is 4.92. The van der Waals surface area contributed by atoms with Crippen molar-refractivity contribution < 1.29 is 18.4 Å². The molecule has 31 heavy (non-hydrogen) atoms. The maximum Gasteiger partial charge on any atom is 0.322 e. The minimum absolute atomic E-state index is 0.000294. The van der Waals surface area contributed by atoms with E-state index in [1.807, 2.05) is 30.3 Å². The number of rotatable bonds is 5. The van der Waals surface area contributed by atoms with Crippen LogP contribution in [0, 0.1) is 0 Å². The molecule has 4 aromatic rings. The molecule has 0 spiro atoms. The molecule has 0 atom stereocenters. The van der Waals surface area contributed by atoms with E-state index in [-0.39, 0.29) is 17.8 Å². The average molecular weight is 417 g/mol. The molecule has 156 valence electrons. The van der Waals surface area contributed by atoms with Gasteiger partial charge in [-0.3, -0.25) is 10.1 Å². The molecule has 0 radical (unpaired) electrons. The first-order valence-electron chi connectivity index (χ1n) is 9.84. The molecule has 1 fully saturated rings. The Hall–Kier alpha value is -3.98. The molecule has 4 heterocycles. The summed E-state index contributed by atoms with van der Waals surface area (Å²) in [5.74, 6) is 1.18. The minimum atomic E-state index is -0.348. The largest absolute Gasteiger partial charge is 0.459 e. The van der Waals surface area contributed by atoms with Crippen LogP contribution in [-0.4, -0.2) is 47.4 Å². The summed E-state index contributed by atoms with van der Waals surface area (Å²) in [4.78, 5) is 19.4. The zero-order chi connectivity index (χ0) is 21.0. The van der Waals surface area contributed by atoms with Crippen LogP contribution in [0.1, 0.15) is 10.4 Å². The molecule has 0 bridgehead atoms. The van der Waals surface area contributed by atoms with Gasteiger partial charge in [-0.25, -0.2) is 4.98 Å². The van der Waals surface area contributed by atoms with Gasteiger partial charge in [0.15, 0.2) is 5.76 Å². The third-order valence-corrected chi connectivity index (χ3v) is 4.92. The van der Waals surface area contributed by atoms with E-state index in [2.05, 4.69) is 25.4 Å². The van der Waals surface area contributed by atoms with Gasteiger partial charge in [0.1, 0.15) is 5.82 Å². The molecule has 9 nitrogen and oxygen atoms in total. The first kappa shape index (κ1) is 19.0. The number of amides is 1. The van der Waals surface area contributed by atoms with E-state index in [9.17, 15) is 4.79 Å². The minimum Gasteiger partial charge on any atom is -0.459 e. The van der Waals surface area contributed by atoms with Gasteiger partial charge in [0.25, 0.3) is 11.8 Å². The van der Waals surface area contributed by atoms with E-state index >= 15 is 0 Å². The van der Waals surface area contributed by atoms with Crippen LogP contribution in [0.3, 0.4) is 0 Å². The summed E-state index contributed by atoms with van der Waals surface area (Å²) in [6.07, 6.45) is 3.29. The van der Waals surface area contributed by atoms with Crippen molar-refractivity contribution in [2.75, 3.05) is 36.5 Å². The molecule has 1 aliphatic heterocycles. The van der Waals surface area contributed by atoms with Crippen molar-refractivity contribution in [3.63, 3.8) is 0 Å². The smallest absolute Gasteiger partial charge is 0.322 e. The molecular weight excluding hydrogens is 398 g/mol. The Morgan fingerprint density at radius 1 is 1.00 bits per heavy atom. The van der Waals surface area contributed by atoms with Crippen LogP contribution >= 0.6 is 0 Å². The molecule has 1 aromatic carbocycles. The maximum absolute atomic E-state index is 12.7. The van der Waals surface area contributed by atoms with E-state index in [1.165, 1.54) is 6.26 Å². The van der Waals surface area contributed by atoms with Gasteiger partial charge in [-0.2, -0.15) is 0 Å². The highest BCUT2D eigenvalue weighted by Gasteiger charge is 2.16. The van der Waals surface area contributed by atoms with Gasteiger partial charge in [0, 0.05) is 24.8 Å². The van der Waals surface area contributed by atoms with Crippen molar-refractivity contribution in [3.8, 4) is 22.8 Å². The molecule has 0 unspecified atom stereocenters. The van der Waals surface area contributed by atoms with Gasteiger partial charge in [0.05, 0.1) is 19.5 Å². The number of ether oxygens (including phenoxy) is 1. The zero-order valence-corrected chi connectivity index (χ0v) is 16.5. The van der Waals surface area contributed by atoms with Crippen LogP contribution < -0.4 is 10.2 Å². The van der Waals surface area contributed by atoms with Crippen molar-refractivity contribution >= 4 is 17.7 Å². The summed E-state index contributed by atoms with van der Waals surface area (Å²) in [6, 6.07) is 14.7. The number of aromatic nitrogens is 3. The molecule has 5 rings (SSSR count).